The summed E-state index contributed by atoms with van der Waals surface area (Å²) in [7, 11) is -1.06. The lowest BCUT2D eigenvalue weighted by molar-refractivity contribution is 0.0958. The van der Waals surface area contributed by atoms with E-state index in [0.29, 0.717) is 17.1 Å². The molecule has 2 N–H and O–H groups in total. The van der Waals surface area contributed by atoms with Gasteiger partial charge in [-0.15, -0.1) is 0 Å². The number of rotatable bonds is 8. The van der Waals surface area contributed by atoms with Crippen LogP contribution in [0.5, 0.6) is 0 Å². The molecule has 0 unspecified atom stereocenters. The zero-order valence-electron chi connectivity index (χ0n) is 17.7. The van der Waals surface area contributed by atoms with Gasteiger partial charge < -0.3 is 14.6 Å². The maximum absolute atomic E-state index is 13.2. The first kappa shape index (κ1) is 23.0. The number of sulfonamides is 1. The Balaban J connectivity index is 2.44. The Bertz CT molecular complexity index is 1110. The van der Waals surface area contributed by atoms with Gasteiger partial charge in [0.1, 0.15) is 5.69 Å². The van der Waals surface area contributed by atoms with E-state index in [0.717, 1.165) is 11.1 Å². The highest BCUT2D eigenvalue weighted by atomic mass is 32.2. The molecule has 9 heteroatoms. The first-order valence-corrected chi connectivity index (χ1v) is 10.5. The van der Waals surface area contributed by atoms with E-state index in [1.165, 1.54) is 13.2 Å². The number of ether oxygens (including phenoxy) is 1. The highest BCUT2D eigenvalue weighted by molar-refractivity contribution is 7.96. The number of carbonyl (C=O) groups excluding carboxylic acids is 1. The summed E-state index contributed by atoms with van der Waals surface area (Å²) in [4.78, 5) is 15.9. The zero-order chi connectivity index (χ0) is 22.5. The number of carbonyl (C=O) groups is 1. The van der Waals surface area contributed by atoms with Crippen LogP contribution in [0.2, 0.25) is 0 Å². The number of para-hydroxylation sites is 1. The minimum atomic E-state index is -4.10. The Labute approximate surface area is 177 Å². The van der Waals surface area contributed by atoms with Gasteiger partial charge in [-0.2, -0.15) is 0 Å². The largest absolute Gasteiger partial charge is 0.480 e. The van der Waals surface area contributed by atoms with Crippen LogP contribution >= 0.6 is 0 Å². The predicted molar refractivity (Wildman–Crippen MR) is 119 cm³/mol. The van der Waals surface area contributed by atoms with Gasteiger partial charge in [-0.3, -0.25) is 9.52 Å². The molecule has 2 rings (SSSR count). The second-order valence-corrected chi connectivity index (χ2v) is 8.34. The maximum Gasteiger partial charge on any atom is 0.272 e. The number of aliphatic imine (C=N–C) groups is 1. The summed E-state index contributed by atoms with van der Waals surface area (Å²) in [6, 6.07) is 8.85. The van der Waals surface area contributed by atoms with E-state index < -0.39 is 10.0 Å². The van der Waals surface area contributed by atoms with Crippen molar-refractivity contribution in [1.29, 1.82) is 0 Å². The maximum atomic E-state index is 13.2. The van der Waals surface area contributed by atoms with Crippen LogP contribution in [0.3, 0.4) is 0 Å². The van der Waals surface area contributed by atoms with E-state index in [2.05, 4.69) is 21.7 Å². The third-order valence-corrected chi connectivity index (χ3v) is 5.73. The van der Waals surface area contributed by atoms with Crippen LogP contribution in [0.25, 0.3) is 0 Å². The standard InChI is InChI=1S/C21H26N4O4S/c1-14-9-7-10-15(2)19(14)24-30(27,28)18(21(22-4)29-6)13-16(3)23-20(26)17-11-8-12-25(17)5/h7-13,24H,4H2,1-3,5-6H3,(H,23,26)/b16-13+,21-18-. The van der Waals surface area contributed by atoms with Gasteiger partial charge in [0.25, 0.3) is 15.9 Å². The molecule has 0 atom stereocenters. The van der Waals surface area contributed by atoms with Crippen LogP contribution in [-0.2, 0) is 21.8 Å². The second kappa shape index (κ2) is 9.45. The lowest BCUT2D eigenvalue weighted by atomic mass is 10.1. The Morgan fingerprint density at radius 3 is 2.33 bits per heavy atom. The monoisotopic (exact) mass is 430 g/mol. The highest BCUT2D eigenvalue weighted by Gasteiger charge is 2.24. The number of hydrogen-bond acceptors (Lipinski definition) is 5. The molecule has 0 saturated heterocycles. The first-order valence-electron chi connectivity index (χ1n) is 9.05. The van der Waals surface area contributed by atoms with Crippen LogP contribution in [-0.4, -0.2) is 32.7 Å². The second-order valence-electron chi connectivity index (χ2n) is 6.69. The summed E-state index contributed by atoms with van der Waals surface area (Å²) < 4.78 is 35.7. The number of benzene rings is 1. The molecule has 1 aromatic heterocycles. The predicted octanol–water partition coefficient (Wildman–Crippen LogP) is 3.23. The van der Waals surface area contributed by atoms with Gasteiger partial charge in [-0.05, 0) is 56.8 Å². The number of allylic oxidation sites excluding steroid dienone is 2. The van der Waals surface area contributed by atoms with Crippen molar-refractivity contribution in [3.05, 3.63) is 75.9 Å². The molecule has 0 aliphatic carbocycles. The third kappa shape index (κ3) is 5.18. The van der Waals surface area contributed by atoms with Gasteiger partial charge in [0.15, 0.2) is 4.91 Å². The summed E-state index contributed by atoms with van der Waals surface area (Å²) in [5.41, 5.74) is 2.72. The number of methoxy groups -OCH3 is 1. The molecule has 2 aromatic rings. The molecule has 1 heterocycles. The molecule has 1 amide bonds. The third-order valence-electron chi connectivity index (χ3n) is 4.39. The summed E-state index contributed by atoms with van der Waals surface area (Å²) >= 11 is 0. The summed E-state index contributed by atoms with van der Waals surface area (Å²) in [6.45, 7) is 8.57. The van der Waals surface area contributed by atoms with Crippen molar-refractivity contribution in [3.8, 4) is 0 Å². The molecule has 160 valence electrons. The van der Waals surface area contributed by atoms with E-state index in [1.807, 2.05) is 6.07 Å². The van der Waals surface area contributed by atoms with E-state index in [4.69, 9.17) is 4.74 Å². The fourth-order valence-electron chi connectivity index (χ4n) is 2.83. The quantitative estimate of drug-likeness (QED) is 0.381. The molecule has 1 aromatic carbocycles. The smallest absolute Gasteiger partial charge is 0.272 e. The molecular weight excluding hydrogens is 404 g/mol. The van der Waals surface area contributed by atoms with Crippen molar-refractivity contribution >= 4 is 28.3 Å². The van der Waals surface area contributed by atoms with Gasteiger partial charge >= 0.3 is 0 Å². The number of aryl methyl sites for hydroxylation is 3. The molecule has 0 spiro atoms. The lowest BCUT2D eigenvalue weighted by Gasteiger charge is -2.15. The fourth-order valence-corrected chi connectivity index (χ4v) is 4.25. The van der Waals surface area contributed by atoms with Gasteiger partial charge in [0, 0.05) is 18.9 Å². The van der Waals surface area contributed by atoms with Gasteiger partial charge in [0.05, 0.1) is 12.8 Å². The lowest BCUT2D eigenvalue weighted by Crippen LogP contribution is -2.24. The van der Waals surface area contributed by atoms with E-state index in [9.17, 15) is 13.2 Å². The van der Waals surface area contributed by atoms with Crippen molar-refractivity contribution < 1.29 is 17.9 Å². The minimum Gasteiger partial charge on any atom is -0.480 e. The normalized spacial score (nSPS) is 12.8. The summed E-state index contributed by atoms with van der Waals surface area (Å²) in [5.74, 6) is -0.567. The van der Waals surface area contributed by atoms with Crippen LogP contribution in [0.15, 0.2) is 64.1 Å². The van der Waals surface area contributed by atoms with Gasteiger partial charge in [0.2, 0.25) is 5.88 Å². The molecular formula is C21H26N4O4S. The van der Waals surface area contributed by atoms with E-state index in [1.54, 1.807) is 62.8 Å². The molecule has 0 aliphatic rings. The summed E-state index contributed by atoms with van der Waals surface area (Å²) in [5, 5.41) is 2.67. The van der Waals surface area contributed by atoms with E-state index >= 15 is 0 Å². The average molecular weight is 431 g/mol. The van der Waals surface area contributed by atoms with Gasteiger partial charge in [-0.25, -0.2) is 13.4 Å². The Morgan fingerprint density at radius 1 is 1.20 bits per heavy atom. The fraction of sp³-hybridized carbons (Fsp3) is 0.238. The highest BCUT2D eigenvalue weighted by Crippen LogP contribution is 2.25. The topological polar surface area (TPSA) is 102 Å². The van der Waals surface area contributed by atoms with Crippen molar-refractivity contribution in [1.82, 2.24) is 9.88 Å². The van der Waals surface area contributed by atoms with E-state index in [-0.39, 0.29) is 16.7 Å². The molecule has 0 aliphatic heterocycles. The van der Waals surface area contributed by atoms with Crippen LogP contribution < -0.4 is 10.0 Å². The molecule has 0 saturated carbocycles. The van der Waals surface area contributed by atoms with Gasteiger partial charge in [-0.1, -0.05) is 18.2 Å². The molecule has 0 bridgehead atoms. The number of hydrogen-bond donors (Lipinski definition) is 2. The number of aromatic nitrogens is 1. The number of anilines is 1. The molecule has 30 heavy (non-hydrogen) atoms. The average Bonchev–Trinajstić information content (AvgIpc) is 3.11. The van der Waals surface area contributed by atoms with Crippen molar-refractivity contribution in [2.45, 2.75) is 20.8 Å². The molecule has 0 fully saturated rings. The number of nitrogens with zero attached hydrogens (tertiary/aromatic N) is 2. The Morgan fingerprint density at radius 2 is 1.83 bits per heavy atom. The Kier molecular flexibility index (Phi) is 7.23. The van der Waals surface area contributed by atoms with Crippen LogP contribution in [0, 0.1) is 13.8 Å². The molecule has 8 nitrogen and oxygen atoms in total. The minimum absolute atomic E-state index is 0.193. The van der Waals surface area contributed by atoms with Crippen molar-refractivity contribution in [3.63, 3.8) is 0 Å². The summed E-state index contributed by atoms with van der Waals surface area (Å²) in [6.07, 6.45) is 3.02. The SMILES string of the molecule is C=N/C(OC)=C(\C=C(/C)NC(=O)c1cccn1C)S(=O)(=O)Nc1c(C)cccc1C. The van der Waals surface area contributed by atoms with Crippen LogP contribution in [0.1, 0.15) is 28.5 Å². The first-order chi connectivity index (χ1) is 14.1. The number of nitrogens with one attached hydrogen (secondary N) is 2. The molecule has 0 radical (unpaired) electrons. The Hall–Kier alpha value is -3.33. The van der Waals surface area contributed by atoms with Crippen molar-refractivity contribution in [2.75, 3.05) is 11.8 Å². The zero-order valence-corrected chi connectivity index (χ0v) is 18.5. The van der Waals surface area contributed by atoms with Crippen LogP contribution in [0.4, 0.5) is 5.69 Å². The number of amides is 1. The van der Waals surface area contributed by atoms with Crippen molar-refractivity contribution in [2.24, 2.45) is 12.0 Å².